The zero-order valence-corrected chi connectivity index (χ0v) is 9.80. The number of rotatable bonds is 4. The Balaban J connectivity index is 1.73. The average Bonchev–Trinajstić information content (AvgIpc) is 2.73. The zero-order valence-electron chi connectivity index (χ0n) is 9.80. The van der Waals surface area contributed by atoms with Crippen molar-refractivity contribution >= 4 is 0 Å². The molecular weight excluding hydrogens is 204 g/mol. The van der Waals surface area contributed by atoms with Crippen LogP contribution in [0.3, 0.4) is 0 Å². The molecule has 1 fully saturated rings. The summed E-state index contributed by atoms with van der Waals surface area (Å²) < 4.78 is 7.82. The summed E-state index contributed by atoms with van der Waals surface area (Å²) in [6, 6.07) is 0. The van der Waals surface area contributed by atoms with E-state index in [1.807, 2.05) is 17.8 Å². The fourth-order valence-electron chi connectivity index (χ4n) is 2.21. The minimum atomic E-state index is 0.325. The largest absolute Gasteiger partial charge is 0.396 e. The van der Waals surface area contributed by atoms with Crippen molar-refractivity contribution in [2.45, 2.75) is 38.4 Å². The first-order valence-corrected chi connectivity index (χ1v) is 5.98. The lowest BCUT2D eigenvalue weighted by atomic mass is 9.88. The maximum Gasteiger partial charge on any atom is 0.134 e. The number of aliphatic hydroxyl groups is 1. The summed E-state index contributed by atoms with van der Waals surface area (Å²) in [4.78, 5) is 4.23. The predicted octanol–water partition coefficient (Wildman–Crippen LogP) is 1.49. The van der Waals surface area contributed by atoms with E-state index in [2.05, 4.69) is 4.98 Å². The number of aromatic nitrogens is 2. The molecule has 0 unspecified atom stereocenters. The number of aliphatic hydroxyl groups excluding tert-OH is 1. The van der Waals surface area contributed by atoms with Gasteiger partial charge in [0.1, 0.15) is 12.4 Å². The highest BCUT2D eigenvalue weighted by molar-refractivity contribution is 4.89. The van der Waals surface area contributed by atoms with Gasteiger partial charge in [-0.05, 0) is 31.6 Å². The number of hydrogen-bond acceptors (Lipinski definition) is 3. The molecule has 2 rings (SSSR count). The lowest BCUT2D eigenvalue weighted by molar-refractivity contribution is -0.00242. The molecule has 0 saturated heterocycles. The van der Waals surface area contributed by atoms with Gasteiger partial charge in [-0.25, -0.2) is 4.98 Å². The molecular formula is C12H20N2O2. The van der Waals surface area contributed by atoms with Crippen molar-refractivity contribution in [3.8, 4) is 0 Å². The summed E-state index contributed by atoms with van der Waals surface area (Å²) in [6.45, 7) is 0.921. The van der Waals surface area contributed by atoms with Crippen molar-refractivity contribution in [3.63, 3.8) is 0 Å². The Hall–Kier alpha value is -0.870. The van der Waals surface area contributed by atoms with Gasteiger partial charge in [-0.2, -0.15) is 0 Å². The number of imidazole rings is 1. The molecule has 0 spiro atoms. The summed E-state index contributed by atoms with van der Waals surface area (Å²) in [7, 11) is 1.98. The maximum atomic E-state index is 9.04. The van der Waals surface area contributed by atoms with Crippen LogP contribution in [0.1, 0.15) is 31.5 Å². The highest BCUT2D eigenvalue weighted by Gasteiger charge is 2.21. The summed E-state index contributed by atoms with van der Waals surface area (Å²) in [6.07, 6.45) is 8.37. The summed E-state index contributed by atoms with van der Waals surface area (Å²) >= 11 is 0. The van der Waals surface area contributed by atoms with Crippen LogP contribution in [0.4, 0.5) is 0 Å². The van der Waals surface area contributed by atoms with E-state index >= 15 is 0 Å². The zero-order chi connectivity index (χ0) is 11.4. The van der Waals surface area contributed by atoms with Crippen molar-refractivity contribution in [2.75, 3.05) is 6.61 Å². The Morgan fingerprint density at radius 3 is 2.75 bits per heavy atom. The SMILES string of the molecule is Cn1ccnc1COC1CCC(CO)CC1. The van der Waals surface area contributed by atoms with Gasteiger partial charge in [0.25, 0.3) is 0 Å². The second kappa shape index (κ2) is 5.46. The van der Waals surface area contributed by atoms with E-state index in [9.17, 15) is 0 Å². The number of ether oxygens (including phenoxy) is 1. The molecule has 90 valence electrons. The molecule has 0 aliphatic heterocycles. The van der Waals surface area contributed by atoms with Gasteiger partial charge in [0, 0.05) is 26.0 Å². The number of aryl methyl sites for hydroxylation is 1. The van der Waals surface area contributed by atoms with E-state index in [0.29, 0.717) is 25.2 Å². The molecule has 0 radical (unpaired) electrons. The quantitative estimate of drug-likeness (QED) is 0.843. The van der Waals surface area contributed by atoms with Crippen molar-refractivity contribution in [2.24, 2.45) is 13.0 Å². The molecule has 1 heterocycles. The van der Waals surface area contributed by atoms with Crippen molar-refractivity contribution in [1.82, 2.24) is 9.55 Å². The molecule has 0 atom stereocenters. The number of hydrogen-bond donors (Lipinski definition) is 1. The second-order valence-corrected chi connectivity index (χ2v) is 4.59. The molecule has 0 amide bonds. The van der Waals surface area contributed by atoms with Gasteiger partial charge in [-0.15, -0.1) is 0 Å². The first kappa shape index (κ1) is 11.6. The second-order valence-electron chi connectivity index (χ2n) is 4.59. The Morgan fingerprint density at radius 2 is 2.19 bits per heavy atom. The molecule has 1 aliphatic rings. The molecule has 16 heavy (non-hydrogen) atoms. The summed E-state index contributed by atoms with van der Waals surface area (Å²) in [5.41, 5.74) is 0. The van der Waals surface area contributed by atoms with Gasteiger partial charge in [-0.3, -0.25) is 0 Å². The Kier molecular flexibility index (Phi) is 3.96. The van der Waals surface area contributed by atoms with E-state index in [4.69, 9.17) is 9.84 Å². The monoisotopic (exact) mass is 224 g/mol. The van der Waals surface area contributed by atoms with Gasteiger partial charge in [0.2, 0.25) is 0 Å². The van der Waals surface area contributed by atoms with Crippen LogP contribution in [0.15, 0.2) is 12.4 Å². The van der Waals surface area contributed by atoms with Crippen LogP contribution in [-0.2, 0) is 18.4 Å². The Morgan fingerprint density at radius 1 is 1.44 bits per heavy atom. The van der Waals surface area contributed by atoms with Crippen LogP contribution < -0.4 is 0 Å². The molecule has 4 nitrogen and oxygen atoms in total. The van der Waals surface area contributed by atoms with E-state index in [1.165, 1.54) is 0 Å². The molecule has 1 saturated carbocycles. The predicted molar refractivity (Wildman–Crippen MR) is 60.8 cm³/mol. The first-order valence-electron chi connectivity index (χ1n) is 5.98. The van der Waals surface area contributed by atoms with Crippen molar-refractivity contribution in [3.05, 3.63) is 18.2 Å². The first-order chi connectivity index (χ1) is 7.79. The van der Waals surface area contributed by atoms with E-state index in [1.54, 1.807) is 6.20 Å². The average molecular weight is 224 g/mol. The van der Waals surface area contributed by atoms with Crippen LogP contribution in [0.5, 0.6) is 0 Å². The van der Waals surface area contributed by atoms with Gasteiger partial charge in [-0.1, -0.05) is 0 Å². The fraction of sp³-hybridized carbons (Fsp3) is 0.750. The Bertz CT molecular complexity index is 317. The minimum absolute atomic E-state index is 0.325. The van der Waals surface area contributed by atoms with Crippen LogP contribution in [0.25, 0.3) is 0 Å². The fourth-order valence-corrected chi connectivity index (χ4v) is 2.21. The minimum Gasteiger partial charge on any atom is -0.396 e. The van der Waals surface area contributed by atoms with Gasteiger partial charge >= 0.3 is 0 Å². The third-order valence-electron chi connectivity index (χ3n) is 3.42. The molecule has 0 aromatic carbocycles. The Labute approximate surface area is 96.3 Å². The molecule has 0 bridgehead atoms. The smallest absolute Gasteiger partial charge is 0.134 e. The third kappa shape index (κ3) is 2.83. The van der Waals surface area contributed by atoms with Gasteiger partial charge in [0.05, 0.1) is 6.10 Å². The highest BCUT2D eigenvalue weighted by Crippen LogP contribution is 2.26. The van der Waals surface area contributed by atoms with E-state index in [0.717, 1.165) is 31.5 Å². The van der Waals surface area contributed by atoms with E-state index < -0.39 is 0 Å². The van der Waals surface area contributed by atoms with Crippen LogP contribution in [0, 0.1) is 5.92 Å². The topological polar surface area (TPSA) is 47.3 Å². The van der Waals surface area contributed by atoms with Crippen molar-refractivity contribution < 1.29 is 9.84 Å². The summed E-state index contributed by atoms with van der Waals surface area (Å²) in [5.74, 6) is 1.47. The van der Waals surface area contributed by atoms with Gasteiger partial charge < -0.3 is 14.4 Å². The third-order valence-corrected chi connectivity index (χ3v) is 3.42. The molecule has 1 aromatic rings. The van der Waals surface area contributed by atoms with Crippen molar-refractivity contribution in [1.29, 1.82) is 0 Å². The van der Waals surface area contributed by atoms with E-state index in [-0.39, 0.29) is 0 Å². The lowest BCUT2D eigenvalue weighted by Crippen LogP contribution is -2.23. The van der Waals surface area contributed by atoms with Gasteiger partial charge in [0.15, 0.2) is 0 Å². The van der Waals surface area contributed by atoms with Crippen LogP contribution >= 0.6 is 0 Å². The highest BCUT2D eigenvalue weighted by atomic mass is 16.5. The number of nitrogens with zero attached hydrogens (tertiary/aromatic N) is 2. The molecule has 1 N–H and O–H groups in total. The maximum absolute atomic E-state index is 9.04. The van der Waals surface area contributed by atoms with Crippen LogP contribution in [-0.4, -0.2) is 27.4 Å². The normalized spacial score (nSPS) is 25.9. The van der Waals surface area contributed by atoms with Crippen LogP contribution in [0.2, 0.25) is 0 Å². The lowest BCUT2D eigenvalue weighted by Gasteiger charge is -2.27. The standard InChI is InChI=1S/C12H20N2O2/c1-14-7-6-13-12(14)9-16-11-4-2-10(8-15)3-5-11/h6-7,10-11,15H,2-5,8-9H2,1H3. The molecule has 1 aromatic heterocycles. The molecule has 4 heteroatoms. The molecule has 1 aliphatic carbocycles. The summed E-state index contributed by atoms with van der Waals surface area (Å²) in [5, 5.41) is 9.04.